The van der Waals surface area contributed by atoms with E-state index in [0.717, 1.165) is 10.8 Å². The normalized spacial score (nSPS) is 18.0. The Morgan fingerprint density at radius 2 is 1.78 bits per heavy atom. The minimum absolute atomic E-state index is 0.237. The number of amides is 1. The van der Waals surface area contributed by atoms with Crippen molar-refractivity contribution in [2.45, 2.75) is 76.7 Å². The standard InChI is InChI=1S/C15H18.C12H16F2N2S.C2H6.CH3NO/c1-4-11(3)15-10-14(13-7-8-13)9-6-12(15)5-2;1-9-2-4-10(5-3-9)17-16-11-6-7-15-8-12(11,13)14;1-2;2-1-3/h4-6,9-10,13H,2,7-8H2,1,3H3;2-5,11,15-16H,6-8H2,1H3;1-2H3;1H,(H2,2,3)/b11-4-;;;. The van der Waals surface area contributed by atoms with Gasteiger partial charge < -0.3 is 11.1 Å². The second kappa shape index (κ2) is 17.1. The minimum atomic E-state index is -2.67. The van der Waals surface area contributed by atoms with Crippen molar-refractivity contribution in [2.24, 2.45) is 5.73 Å². The number of nitrogens with two attached hydrogens (primary N) is 1. The van der Waals surface area contributed by atoms with E-state index in [1.54, 1.807) is 0 Å². The molecule has 204 valence electrons. The van der Waals surface area contributed by atoms with Gasteiger partial charge in [-0.3, -0.25) is 9.52 Å². The van der Waals surface area contributed by atoms with Crippen molar-refractivity contribution in [2.75, 3.05) is 13.1 Å². The van der Waals surface area contributed by atoms with Crippen LogP contribution in [0.25, 0.3) is 11.6 Å². The molecule has 1 amide bonds. The maximum absolute atomic E-state index is 13.5. The van der Waals surface area contributed by atoms with Crippen molar-refractivity contribution in [1.82, 2.24) is 10.0 Å². The molecule has 2 aliphatic rings. The van der Waals surface area contributed by atoms with Crippen molar-refractivity contribution < 1.29 is 13.6 Å². The molecule has 0 radical (unpaired) electrons. The number of hydrogen-bond donors (Lipinski definition) is 3. The summed E-state index contributed by atoms with van der Waals surface area (Å²) < 4.78 is 29.9. The van der Waals surface area contributed by atoms with Gasteiger partial charge in [0.05, 0.1) is 12.6 Å². The molecule has 2 aromatic rings. The molecule has 4 N–H and O–H groups in total. The average Bonchev–Trinajstić information content (AvgIpc) is 3.76. The lowest BCUT2D eigenvalue weighted by Crippen LogP contribution is -2.54. The van der Waals surface area contributed by atoms with Gasteiger partial charge in [-0.15, -0.1) is 0 Å². The van der Waals surface area contributed by atoms with E-state index in [-0.39, 0.29) is 13.0 Å². The number of rotatable bonds is 6. The Labute approximate surface area is 226 Å². The first-order chi connectivity index (χ1) is 17.7. The van der Waals surface area contributed by atoms with E-state index in [0.29, 0.717) is 13.0 Å². The fourth-order valence-electron chi connectivity index (χ4n) is 3.65. The van der Waals surface area contributed by atoms with Crippen LogP contribution in [0.4, 0.5) is 8.78 Å². The highest BCUT2D eigenvalue weighted by Crippen LogP contribution is 2.41. The first-order valence-corrected chi connectivity index (χ1v) is 13.7. The zero-order chi connectivity index (χ0) is 27.8. The number of carbonyl (C=O) groups is 1. The van der Waals surface area contributed by atoms with Gasteiger partial charge in [-0.25, -0.2) is 8.78 Å². The number of halogens is 2. The second-order valence-electron chi connectivity index (χ2n) is 8.74. The summed E-state index contributed by atoms with van der Waals surface area (Å²) in [6.07, 6.45) is 7.54. The number of alkyl halides is 2. The highest BCUT2D eigenvalue weighted by atomic mass is 32.2. The summed E-state index contributed by atoms with van der Waals surface area (Å²) in [7, 11) is 0. The topological polar surface area (TPSA) is 67.2 Å². The summed E-state index contributed by atoms with van der Waals surface area (Å²) in [4.78, 5) is 9.55. The monoisotopic (exact) mass is 531 g/mol. The Morgan fingerprint density at radius 3 is 2.30 bits per heavy atom. The molecule has 1 unspecified atom stereocenters. The van der Waals surface area contributed by atoms with E-state index in [4.69, 9.17) is 4.79 Å². The molecule has 1 atom stereocenters. The third-order valence-corrected chi connectivity index (χ3v) is 6.93. The second-order valence-corrected chi connectivity index (χ2v) is 9.66. The molecule has 0 bridgehead atoms. The first kappa shape index (κ1) is 32.5. The third-order valence-electron chi connectivity index (χ3n) is 6.02. The smallest absolute Gasteiger partial charge is 0.276 e. The third kappa shape index (κ3) is 11.2. The Morgan fingerprint density at radius 1 is 1.16 bits per heavy atom. The lowest BCUT2D eigenvalue weighted by Gasteiger charge is -2.32. The van der Waals surface area contributed by atoms with Crippen molar-refractivity contribution >= 4 is 30.0 Å². The van der Waals surface area contributed by atoms with E-state index >= 15 is 0 Å². The van der Waals surface area contributed by atoms with Crippen LogP contribution in [0.5, 0.6) is 0 Å². The van der Waals surface area contributed by atoms with Crippen LogP contribution in [0.3, 0.4) is 0 Å². The zero-order valence-electron chi connectivity index (χ0n) is 22.8. The summed E-state index contributed by atoms with van der Waals surface area (Å²) in [5.41, 5.74) is 10.8. The van der Waals surface area contributed by atoms with Crippen molar-refractivity contribution in [3.8, 4) is 0 Å². The Kier molecular flexibility index (Phi) is 15.0. The number of primary amides is 1. The summed E-state index contributed by atoms with van der Waals surface area (Å²) >= 11 is 1.28. The van der Waals surface area contributed by atoms with Crippen LogP contribution < -0.4 is 15.8 Å². The van der Waals surface area contributed by atoms with E-state index in [2.05, 4.69) is 60.5 Å². The van der Waals surface area contributed by atoms with Gasteiger partial charge in [0.2, 0.25) is 6.41 Å². The molecule has 1 heterocycles. The lowest BCUT2D eigenvalue weighted by atomic mass is 9.96. The largest absolute Gasteiger partial charge is 0.372 e. The van der Waals surface area contributed by atoms with E-state index in [1.807, 2.05) is 51.1 Å². The molecule has 37 heavy (non-hydrogen) atoms. The molecule has 1 saturated carbocycles. The average molecular weight is 532 g/mol. The molecule has 2 fully saturated rings. The molecule has 1 saturated heterocycles. The van der Waals surface area contributed by atoms with E-state index in [9.17, 15) is 8.78 Å². The number of hydrogen-bond acceptors (Lipinski definition) is 4. The number of allylic oxidation sites excluding steroid dienone is 2. The number of nitrogens with one attached hydrogen (secondary N) is 2. The molecule has 4 nitrogen and oxygen atoms in total. The molecule has 4 rings (SSSR count). The van der Waals surface area contributed by atoms with Gasteiger partial charge in [0.1, 0.15) is 0 Å². The van der Waals surface area contributed by atoms with Crippen LogP contribution in [0.1, 0.15) is 75.1 Å². The number of benzene rings is 2. The van der Waals surface area contributed by atoms with Crippen LogP contribution in [-0.2, 0) is 4.79 Å². The van der Waals surface area contributed by atoms with Gasteiger partial charge in [-0.2, -0.15) is 0 Å². The summed E-state index contributed by atoms with van der Waals surface area (Å²) in [5.74, 6) is -1.84. The Balaban J connectivity index is 0.000000317. The predicted molar refractivity (Wildman–Crippen MR) is 156 cm³/mol. The quantitative estimate of drug-likeness (QED) is 0.269. The molecular weight excluding hydrogens is 488 g/mol. The molecule has 0 aromatic heterocycles. The van der Waals surface area contributed by atoms with Crippen LogP contribution in [0.2, 0.25) is 0 Å². The maximum Gasteiger partial charge on any atom is 0.276 e. The molecule has 2 aromatic carbocycles. The molecule has 1 aliphatic heterocycles. The molecule has 0 spiro atoms. The predicted octanol–water partition coefficient (Wildman–Crippen LogP) is 7.35. The van der Waals surface area contributed by atoms with Crippen LogP contribution >= 0.6 is 11.9 Å². The van der Waals surface area contributed by atoms with Crippen molar-refractivity contribution in [3.63, 3.8) is 0 Å². The highest BCUT2D eigenvalue weighted by molar-refractivity contribution is 7.97. The van der Waals surface area contributed by atoms with Crippen molar-refractivity contribution in [3.05, 3.63) is 77.4 Å². The number of piperidine rings is 1. The van der Waals surface area contributed by atoms with Crippen LogP contribution in [-0.4, -0.2) is 31.5 Å². The fourth-order valence-corrected chi connectivity index (χ4v) is 4.49. The van der Waals surface area contributed by atoms with Gasteiger partial charge in [-0.1, -0.05) is 68.5 Å². The van der Waals surface area contributed by atoms with Gasteiger partial charge in [0.25, 0.3) is 5.92 Å². The number of aryl methyl sites for hydroxylation is 1. The first-order valence-electron chi connectivity index (χ1n) is 12.9. The van der Waals surface area contributed by atoms with Crippen molar-refractivity contribution in [1.29, 1.82) is 0 Å². The van der Waals surface area contributed by atoms with Gasteiger partial charge in [0, 0.05) is 4.90 Å². The summed E-state index contributed by atoms with van der Waals surface area (Å²) in [6.45, 7) is 14.5. The fraction of sp³-hybridized carbons (Fsp3) is 0.433. The summed E-state index contributed by atoms with van der Waals surface area (Å²) in [5, 5.41) is 2.71. The highest BCUT2D eigenvalue weighted by Gasteiger charge is 2.41. The SMILES string of the molecule is C=Cc1ccc(C2CC2)cc1/C(C)=C\C.CC.Cc1ccc(SNC2CCNCC2(F)F)cc1.NC=O. The Hall–Kier alpha value is -2.48. The summed E-state index contributed by atoms with van der Waals surface area (Å²) in [6, 6.07) is 13.9. The van der Waals surface area contributed by atoms with E-state index in [1.165, 1.54) is 52.6 Å². The minimum Gasteiger partial charge on any atom is -0.372 e. The number of carbonyl (C=O) groups excluding carboxylic acids is 1. The lowest BCUT2D eigenvalue weighted by molar-refractivity contribution is -0.106. The van der Waals surface area contributed by atoms with Crippen LogP contribution in [0, 0.1) is 6.92 Å². The zero-order valence-corrected chi connectivity index (χ0v) is 23.6. The Bertz CT molecular complexity index is 989. The van der Waals surface area contributed by atoms with Gasteiger partial charge >= 0.3 is 0 Å². The molecule has 7 heteroatoms. The van der Waals surface area contributed by atoms with Crippen LogP contribution in [0.15, 0.2) is 60.0 Å². The molecular formula is C30H43F2N3OS. The molecule has 1 aliphatic carbocycles. The van der Waals surface area contributed by atoms with E-state index < -0.39 is 12.0 Å². The van der Waals surface area contributed by atoms with Gasteiger partial charge in [-0.05, 0) is 98.8 Å². The van der Waals surface area contributed by atoms with Gasteiger partial charge in [0.15, 0.2) is 0 Å². The maximum atomic E-state index is 13.5.